The molecule has 6 aromatic rings. The van der Waals surface area contributed by atoms with Crippen molar-refractivity contribution in [3.8, 4) is 0 Å². The number of allylic oxidation sites excluding steroid dienone is 2. The SMILES string of the molecule is CCCCCCCCc1ccc(C2(c3ccc(CCCCCCCC)cc3)C3=C(c4ccccc42)C(c2ccc(CCCCCCCC)cc2)(c2ccc(CCCCCCCC)cc2)c2ccccc23)cc1. The minimum Gasteiger partial charge on any atom is -0.0654 e. The van der Waals surface area contributed by atoms with Crippen LogP contribution in [0, 0.1) is 0 Å². The molecule has 0 spiro atoms. The van der Waals surface area contributed by atoms with Gasteiger partial charge in [-0.05, 0) is 129 Å². The van der Waals surface area contributed by atoms with Crippen molar-refractivity contribution in [1.29, 1.82) is 0 Å². The molecule has 380 valence electrons. The topological polar surface area (TPSA) is 0 Å². The molecule has 0 saturated heterocycles. The van der Waals surface area contributed by atoms with Crippen LogP contribution in [0.4, 0.5) is 0 Å². The molecule has 0 aliphatic heterocycles. The zero-order valence-corrected chi connectivity index (χ0v) is 45.7. The number of hydrogen-bond acceptors (Lipinski definition) is 0. The lowest BCUT2D eigenvalue weighted by molar-refractivity contribution is 0.607. The third kappa shape index (κ3) is 12.0. The van der Waals surface area contributed by atoms with Crippen molar-refractivity contribution in [3.63, 3.8) is 0 Å². The molecule has 0 heterocycles. The van der Waals surface area contributed by atoms with Gasteiger partial charge in [0.25, 0.3) is 0 Å². The smallest absolute Gasteiger partial charge is 0.0654 e. The first-order chi connectivity index (χ1) is 35.6. The Morgan fingerprint density at radius 3 is 0.708 bits per heavy atom. The van der Waals surface area contributed by atoms with Crippen LogP contribution < -0.4 is 0 Å². The number of benzene rings is 6. The highest BCUT2D eigenvalue weighted by Gasteiger charge is 2.59. The van der Waals surface area contributed by atoms with E-state index in [0.717, 1.165) is 25.7 Å². The van der Waals surface area contributed by atoms with Crippen molar-refractivity contribution in [2.24, 2.45) is 0 Å². The first kappa shape index (κ1) is 53.4. The van der Waals surface area contributed by atoms with Crippen LogP contribution in [0.15, 0.2) is 146 Å². The number of hydrogen-bond donors (Lipinski definition) is 0. The van der Waals surface area contributed by atoms with Crippen LogP contribution in [0.3, 0.4) is 0 Å². The maximum absolute atomic E-state index is 2.53. The Balaban J connectivity index is 1.27. The summed E-state index contributed by atoms with van der Waals surface area (Å²) in [6.07, 6.45) is 36.4. The Hall–Kier alpha value is -4.94. The molecule has 0 amide bonds. The molecule has 0 aromatic heterocycles. The second kappa shape index (κ2) is 27.4. The van der Waals surface area contributed by atoms with Crippen LogP contribution in [0.5, 0.6) is 0 Å². The molecule has 0 atom stereocenters. The standard InChI is InChI=1S/C72H92/c1-5-9-13-17-21-25-33-57-41-49-61(50-42-57)71(62-51-43-58(44-52-62)34-26-22-18-14-10-6-2)67-39-31-29-37-65(67)70-69(71)66-38-30-32-40-68(66)72(70,63-53-45-59(46-54-63)35-27-23-19-15-11-7-3)64-55-47-60(48-56-64)36-28-24-20-16-12-8-4/h29-32,37-56H,5-28,33-36H2,1-4H3. The summed E-state index contributed by atoms with van der Waals surface area (Å²) in [5.74, 6) is 0. The molecule has 72 heavy (non-hydrogen) atoms. The minimum atomic E-state index is -0.503. The Morgan fingerprint density at radius 1 is 0.236 bits per heavy atom. The molecule has 8 rings (SSSR count). The summed E-state index contributed by atoms with van der Waals surface area (Å²) < 4.78 is 0. The summed E-state index contributed by atoms with van der Waals surface area (Å²) in [7, 11) is 0. The zero-order valence-electron chi connectivity index (χ0n) is 45.7. The molecule has 0 fully saturated rings. The summed E-state index contributed by atoms with van der Waals surface area (Å²) in [5.41, 5.74) is 18.9. The van der Waals surface area contributed by atoms with Crippen molar-refractivity contribution in [2.45, 2.75) is 218 Å². The number of unbranched alkanes of at least 4 members (excludes halogenated alkanes) is 20. The molecule has 0 unspecified atom stereocenters. The predicted molar refractivity (Wildman–Crippen MR) is 314 cm³/mol. The van der Waals surface area contributed by atoms with E-state index in [1.807, 2.05) is 0 Å². The summed E-state index contributed by atoms with van der Waals surface area (Å²) in [4.78, 5) is 0. The van der Waals surface area contributed by atoms with Crippen LogP contribution in [0.1, 0.15) is 249 Å². The van der Waals surface area contributed by atoms with Gasteiger partial charge < -0.3 is 0 Å². The van der Waals surface area contributed by atoms with E-state index in [9.17, 15) is 0 Å². The van der Waals surface area contributed by atoms with Crippen LogP contribution in [0.25, 0.3) is 11.1 Å². The molecular weight excluding hydrogens is 865 g/mol. The quantitative estimate of drug-likeness (QED) is 0.0370. The molecule has 6 aromatic carbocycles. The molecule has 0 nitrogen and oxygen atoms in total. The first-order valence-corrected chi connectivity index (χ1v) is 29.9. The van der Waals surface area contributed by atoms with Gasteiger partial charge in [0.15, 0.2) is 0 Å². The average molecular weight is 958 g/mol. The highest BCUT2D eigenvalue weighted by Crippen LogP contribution is 2.69. The number of fused-ring (bicyclic) bond motifs is 4. The lowest BCUT2D eigenvalue weighted by atomic mass is 9.64. The maximum atomic E-state index is 2.53. The lowest BCUT2D eigenvalue weighted by Gasteiger charge is -2.37. The van der Waals surface area contributed by atoms with Crippen molar-refractivity contribution < 1.29 is 0 Å². The molecule has 0 N–H and O–H groups in total. The fourth-order valence-electron chi connectivity index (χ4n) is 13.0. The van der Waals surface area contributed by atoms with Gasteiger partial charge in [-0.1, -0.05) is 302 Å². The van der Waals surface area contributed by atoms with Crippen molar-refractivity contribution in [1.82, 2.24) is 0 Å². The van der Waals surface area contributed by atoms with Gasteiger partial charge in [-0.3, -0.25) is 0 Å². The van der Waals surface area contributed by atoms with Crippen molar-refractivity contribution in [3.05, 3.63) is 212 Å². The largest absolute Gasteiger partial charge is 0.0716 e. The molecule has 0 saturated carbocycles. The highest BCUT2D eigenvalue weighted by atomic mass is 14.6. The second-order valence-electron chi connectivity index (χ2n) is 22.2. The second-order valence-corrected chi connectivity index (χ2v) is 22.2. The third-order valence-corrected chi connectivity index (χ3v) is 17.0. The zero-order chi connectivity index (χ0) is 49.9. The summed E-state index contributed by atoms with van der Waals surface area (Å²) in [5, 5.41) is 0. The monoisotopic (exact) mass is 957 g/mol. The van der Waals surface area contributed by atoms with Crippen LogP contribution in [0.2, 0.25) is 0 Å². The van der Waals surface area contributed by atoms with E-state index in [0.29, 0.717) is 0 Å². The van der Waals surface area contributed by atoms with Crippen LogP contribution >= 0.6 is 0 Å². The van der Waals surface area contributed by atoms with E-state index < -0.39 is 10.8 Å². The fraction of sp³-hybridized carbons (Fsp3) is 0.472. The number of rotatable bonds is 32. The van der Waals surface area contributed by atoms with E-state index in [1.54, 1.807) is 0 Å². The molecule has 0 heteroatoms. The fourth-order valence-corrected chi connectivity index (χ4v) is 13.0. The molecule has 0 bridgehead atoms. The van der Waals surface area contributed by atoms with Gasteiger partial charge in [0.05, 0.1) is 10.8 Å². The van der Waals surface area contributed by atoms with Gasteiger partial charge >= 0.3 is 0 Å². The van der Waals surface area contributed by atoms with Gasteiger partial charge in [-0.25, -0.2) is 0 Å². The maximum Gasteiger partial charge on any atom is 0.0716 e. The Bertz CT molecular complexity index is 2250. The van der Waals surface area contributed by atoms with Gasteiger partial charge in [0, 0.05) is 0 Å². The average Bonchev–Trinajstić information content (AvgIpc) is 3.90. The molecule has 0 radical (unpaired) electrons. The van der Waals surface area contributed by atoms with Gasteiger partial charge in [-0.15, -0.1) is 0 Å². The van der Waals surface area contributed by atoms with E-state index in [1.165, 1.54) is 232 Å². The van der Waals surface area contributed by atoms with Gasteiger partial charge in [0.2, 0.25) is 0 Å². The summed E-state index contributed by atoms with van der Waals surface area (Å²) in [6, 6.07) is 59.3. The van der Waals surface area contributed by atoms with E-state index in [2.05, 4.69) is 173 Å². The third-order valence-electron chi connectivity index (χ3n) is 17.0. The molecule has 2 aliphatic rings. The minimum absolute atomic E-state index is 0.503. The van der Waals surface area contributed by atoms with E-state index in [4.69, 9.17) is 0 Å². The summed E-state index contributed by atoms with van der Waals surface area (Å²) in [6.45, 7) is 9.26. The summed E-state index contributed by atoms with van der Waals surface area (Å²) >= 11 is 0. The lowest BCUT2D eigenvalue weighted by Crippen LogP contribution is -2.30. The molecule has 2 aliphatic carbocycles. The van der Waals surface area contributed by atoms with Crippen LogP contribution in [-0.2, 0) is 36.5 Å². The van der Waals surface area contributed by atoms with Crippen molar-refractivity contribution >= 4 is 11.1 Å². The normalized spacial score (nSPS) is 14.2. The Morgan fingerprint density at radius 2 is 0.458 bits per heavy atom. The van der Waals surface area contributed by atoms with Gasteiger partial charge in [-0.2, -0.15) is 0 Å². The highest BCUT2D eigenvalue weighted by molar-refractivity contribution is 6.15. The molecular formula is C72H92. The van der Waals surface area contributed by atoms with Gasteiger partial charge in [0.1, 0.15) is 0 Å². The van der Waals surface area contributed by atoms with Crippen molar-refractivity contribution in [2.75, 3.05) is 0 Å². The first-order valence-electron chi connectivity index (χ1n) is 29.9. The Labute approximate surface area is 439 Å². The number of aryl methyl sites for hydroxylation is 4. The van der Waals surface area contributed by atoms with E-state index >= 15 is 0 Å². The Kier molecular flexibility index (Phi) is 20.3. The predicted octanol–water partition coefficient (Wildman–Crippen LogP) is 20.9. The van der Waals surface area contributed by atoms with Crippen LogP contribution in [-0.4, -0.2) is 0 Å². The van der Waals surface area contributed by atoms with E-state index in [-0.39, 0.29) is 0 Å².